The first-order chi connectivity index (χ1) is 7.08. The lowest BCUT2D eigenvalue weighted by molar-refractivity contribution is 0.823. The molecule has 15 heavy (non-hydrogen) atoms. The first kappa shape index (κ1) is 10.5. The first-order valence-corrected chi connectivity index (χ1v) is 5.77. The number of halogens is 1. The molecule has 0 bridgehead atoms. The Bertz CT molecular complexity index is 523. The van der Waals surface area contributed by atoms with Gasteiger partial charge in [0.05, 0.1) is 6.54 Å². The Balaban J connectivity index is 2.63. The van der Waals surface area contributed by atoms with Crippen LogP contribution >= 0.6 is 15.9 Å². The van der Waals surface area contributed by atoms with Gasteiger partial charge in [-0.2, -0.15) is 0 Å². The molecule has 0 aliphatic rings. The van der Waals surface area contributed by atoms with E-state index in [1.807, 2.05) is 0 Å². The Morgan fingerprint density at radius 3 is 2.73 bits per heavy atom. The largest absolute Gasteiger partial charge is 0.340 e. The molecule has 1 aromatic heterocycles. The van der Waals surface area contributed by atoms with Crippen molar-refractivity contribution in [1.82, 2.24) is 4.57 Å². The zero-order chi connectivity index (χ0) is 11.0. The molecule has 0 aliphatic heterocycles. The predicted octanol–water partition coefficient (Wildman–Crippen LogP) is 4.17. The highest BCUT2D eigenvalue weighted by Crippen LogP contribution is 2.22. The SMILES string of the molecule is C=C(Br)Cn1c(C)cc2cc(C)ccc21. The van der Waals surface area contributed by atoms with Gasteiger partial charge in [0.2, 0.25) is 0 Å². The second kappa shape index (κ2) is 3.86. The van der Waals surface area contributed by atoms with Gasteiger partial charge in [-0.1, -0.05) is 34.1 Å². The van der Waals surface area contributed by atoms with Gasteiger partial charge in [0.15, 0.2) is 0 Å². The molecule has 1 nitrogen and oxygen atoms in total. The number of benzene rings is 1. The fourth-order valence-corrected chi connectivity index (χ4v) is 2.16. The maximum absolute atomic E-state index is 3.89. The summed E-state index contributed by atoms with van der Waals surface area (Å²) in [7, 11) is 0. The Morgan fingerprint density at radius 1 is 1.33 bits per heavy atom. The van der Waals surface area contributed by atoms with E-state index in [2.05, 4.69) is 65.2 Å². The van der Waals surface area contributed by atoms with Gasteiger partial charge in [-0.05, 0) is 32.0 Å². The zero-order valence-electron chi connectivity index (χ0n) is 9.05. The van der Waals surface area contributed by atoms with Gasteiger partial charge in [-0.15, -0.1) is 0 Å². The molecular weight excluding hydrogens is 250 g/mol. The van der Waals surface area contributed by atoms with Crippen LogP contribution in [0.2, 0.25) is 0 Å². The van der Waals surface area contributed by atoms with E-state index < -0.39 is 0 Å². The molecular formula is C13H14BrN. The third-order valence-corrected chi connectivity index (χ3v) is 2.84. The molecule has 0 saturated heterocycles. The topological polar surface area (TPSA) is 4.93 Å². The second-order valence-corrected chi connectivity index (χ2v) is 5.07. The van der Waals surface area contributed by atoms with Gasteiger partial charge < -0.3 is 4.57 Å². The fourth-order valence-electron chi connectivity index (χ4n) is 1.91. The molecule has 0 spiro atoms. The number of nitrogens with zero attached hydrogens (tertiary/aromatic N) is 1. The zero-order valence-corrected chi connectivity index (χ0v) is 10.6. The van der Waals surface area contributed by atoms with Gasteiger partial charge in [0, 0.05) is 21.1 Å². The molecule has 2 aromatic rings. The molecule has 0 atom stereocenters. The predicted molar refractivity (Wildman–Crippen MR) is 69.5 cm³/mol. The van der Waals surface area contributed by atoms with E-state index in [9.17, 15) is 0 Å². The minimum absolute atomic E-state index is 0.832. The summed E-state index contributed by atoms with van der Waals surface area (Å²) in [4.78, 5) is 0. The van der Waals surface area contributed by atoms with Gasteiger partial charge in [-0.3, -0.25) is 0 Å². The Hall–Kier alpha value is -1.02. The minimum atomic E-state index is 0.832. The molecule has 0 radical (unpaired) electrons. The quantitative estimate of drug-likeness (QED) is 0.767. The fraction of sp³-hybridized carbons (Fsp3) is 0.231. The van der Waals surface area contributed by atoms with Crippen molar-refractivity contribution in [1.29, 1.82) is 0 Å². The molecule has 2 heteroatoms. The van der Waals surface area contributed by atoms with Crippen molar-refractivity contribution in [2.75, 3.05) is 0 Å². The highest BCUT2D eigenvalue weighted by Gasteiger charge is 2.05. The lowest BCUT2D eigenvalue weighted by Gasteiger charge is -2.06. The van der Waals surface area contributed by atoms with Crippen molar-refractivity contribution < 1.29 is 0 Å². The van der Waals surface area contributed by atoms with Crippen LogP contribution in [0.4, 0.5) is 0 Å². The highest BCUT2D eigenvalue weighted by molar-refractivity contribution is 9.11. The van der Waals surface area contributed by atoms with E-state index in [1.54, 1.807) is 0 Å². The third kappa shape index (κ3) is 2.00. The van der Waals surface area contributed by atoms with E-state index >= 15 is 0 Å². The van der Waals surface area contributed by atoms with E-state index in [4.69, 9.17) is 0 Å². The molecule has 78 valence electrons. The van der Waals surface area contributed by atoms with E-state index in [0.717, 1.165) is 11.0 Å². The minimum Gasteiger partial charge on any atom is -0.340 e. The molecule has 0 saturated carbocycles. The number of aromatic nitrogens is 1. The number of fused-ring (bicyclic) bond motifs is 1. The van der Waals surface area contributed by atoms with Gasteiger partial charge in [-0.25, -0.2) is 0 Å². The van der Waals surface area contributed by atoms with Crippen LogP contribution in [-0.4, -0.2) is 4.57 Å². The number of aryl methyl sites for hydroxylation is 2. The maximum atomic E-state index is 3.89. The van der Waals surface area contributed by atoms with Crippen LogP contribution in [0.1, 0.15) is 11.3 Å². The van der Waals surface area contributed by atoms with Crippen molar-refractivity contribution in [3.05, 3.63) is 46.6 Å². The average molecular weight is 264 g/mol. The van der Waals surface area contributed by atoms with Crippen molar-refractivity contribution in [3.8, 4) is 0 Å². The Kier molecular flexibility index (Phi) is 2.70. The van der Waals surface area contributed by atoms with Crippen molar-refractivity contribution >= 4 is 26.8 Å². The Labute approximate surface area is 98.5 Å². The number of allylic oxidation sites excluding steroid dienone is 1. The summed E-state index contributed by atoms with van der Waals surface area (Å²) in [6.45, 7) is 8.97. The van der Waals surface area contributed by atoms with Crippen LogP contribution < -0.4 is 0 Å². The monoisotopic (exact) mass is 263 g/mol. The summed E-state index contributed by atoms with van der Waals surface area (Å²) in [6, 6.07) is 8.76. The number of hydrogen-bond donors (Lipinski definition) is 0. The van der Waals surface area contributed by atoms with Crippen LogP contribution in [0.15, 0.2) is 35.3 Å². The molecule has 0 unspecified atom stereocenters. The summed E-state index contributed by atoms with van der Waals surface area (Å²) in [5, 5.41) is 1.31. The summed E-state index contributed by atoms with van der Waals surface area (Å²) in [5.41, 5.74) is 3.85. The number of rotatable bonds is 2. The summed E-state index contributed by atoms with van der Waals surface area (Å²) in [5.74, 6) is 0. The molecule has 0 aliphatic carbocycles. The van der Waals surface area contributed by atoms with E-state index in [-0.39, 0.29) is 0 Å². The van der Waals surface area contributed by atoms with Gasteiger partial charge in [0.1, 0.15) is 0 Å². The van der Waals surface area contributed by atoms with Crippen LogP contribution in [0, 0.1) is 13.8 Å². The van der Waals surface area contributed by atoms with Crippen LogP contribution in [0.3, 0.4) is 0 Å². The van der Waals surface area contributed by atoms with E-state index in [1.165, 1.54) is 22.2 Å². The molecule has 0 fully saturated rings. The van der Waals surface area contributed by atoms with E-state index in [0.29, 0.717) is 0 Å². The second-order valence-electron chi connectivity index (χ2n) is 3.95. The summed E-state index contributed by atoms with van der Waals surface area (Å²) < 4.78 is 3.27. The molecule has 1 heterocycles. The lowest BCUT2D eigenvalue weighted by atomic mass is 10.2. The highest BCUT2D eigenvalue weighted by atomic mass is 79.9. The Morgan fingerprint density at radius 2 is 2.07 bits per heavy atom. The lowest BCUT2D eigenvalue weighted by Crippen LogP contribution is -1.98. The van der Waals surface area contributed by atoms with Crippen molar-refractivity contribution in [3.63, 3.8) is 0 Å². The number of hydrogen-bond acceptors (Lipinski definition) is 0. The van der Waals surface area contributed by atoms with Crippen LogP contribution in [0.5, 0.6) is 0 Å². The third-order valence-electron chi connectivity index (χ3n) is 2.59. The molecule has 2 rings (SSSR count). The smallest absolute Gasteiger partial charge is 0.0538 e. The normalized spacial score (nSPS) is 10.9. The average Bonchev–Trinajstić information content (AvgIpc) is 2.41. The first-order valence-electron chi connectivity index (χ1n) is 4.97. The van der Waals surface area contributed by atoms with Gasteiger partial charge >= 0.3 is 0 Å². The van der Waals surface area contributed by atoms with Gasteiger partial charge in [0.25, 0.3) is 0 Å². The maximum Gasteiger partial charge on any atom is 0.0538 e. The van der Waals surface area contributed by atoms with Crippen molar-refractivity contribution in [2.24, 2.45) is 0 Å². The van der Waals surface area contributed by atoms with Crippen LogP contribution in [0.25, 0.3) is 10.9 Å². The standard InChI is InChI=1S/C13H14BrN/c1-9-4-5-13-12(6-9)7-11(3)15(13)8-10(2)14/h4-7H,2,8H2,1,3H3. The summed E-state index contributed by atoms with van der Waals surface area (Å²) >= 11 is 3.41. The molecule has 0 amide bonds. The van der Waals surface area contributed by atoms with Crippen molar-refractivity contribution in [2.45, 2.75) is 20.4 Å². The van der Waals surface area contributed by atoms with Crippen LogP contribution in [-0.2, 0) is 6.54 Å². The molecule has 0 N–H and O–H groups in total. The summed E-state index contributed by atoms with van der Waals surface area (Å²) in [6.07, 6.45) is 0. The molecule has 1 aromatic carbocycles.